The van der Waals surface area contributed by atoms with Gasteiger partial charge < -0.3 is 4.57 Å². The van der Waals surface area contributed by atoms with E-state index in [0.29, 0.717) is 27.8 Å². The van der Waals surface area contributed by atoms with Crippen LogP contribution in [0, 0.1) is 0 Å². The number of para-hydroxylation sites is 1. The molecule has 5 heterocycles. The lowest BCUT2D eigenvalue weighted by Gasteiger charge is -2.08. The van der Waals surface area contributed by atoms with E-state index < -0.39 is 11.1 Å². The van der Waals surface area contributed by atoms with Crippen molar-refractivity contribution in [3.8, 4) is 34.4 Å². The van der Waals surface area contributed by atoms with Crippen LogP contribution in [0.4, 0.5) is 0 Å². The molecule has 0 aliphatic rings. The van der Waals surface area contributed by atoms with Gasteiger partial charge >= 0.3 is 0 Å². The van der Waals surface area contributed by atoms with Crippen LogP contribution in [-0.2, 0) is 0 Å². The summed E-state index contributed by atoms with van der Waals surface area (Å²) in [5, 5.41) is 3.49. The van der Waals surface area contributed by atoms with Crippen molar-refractivity contribution in [3.05, 3.63) is 161 Å². The van der Waals surface area contributed by atoms with E-state index in [1.807, 2.05) is 109 Å². The van der Waals surface area contributed by atoms with Crippen molar-refractivity contribution in [2.75, 3.05) is 0 Å². The van der Waals surface area contributed by atoms with Crippen molar-refractivity contribution in [3.63, 3.8) is 0 Å². The Bertz CT molecular complexity index is 2760. The van der Waals surface area contributed by atoms with Crippen molar-refractivity contribution >= 4 is 43.4 Å². The average Bonchev–Trinajstić information content (AvgIpc) is 3.44. The third-order valence-corrected chi connectivity index (χ3v) is 8.59. The van der Waals surface area contributed by atoms with Gasteiger partial charge in [-0.3, -0.25) is 19.6 Å². The van der Waals surface area contributed by atoms with Crippen molar-refractivity contribution in [1.82, 2.24) is 34.1 Å². The number of fused-ring (bicyclic) bond motifs is 6. The summed E-state index contributed by atoms with van der Waals surface area (Å²) in [6, 6.07) is 36.4. The first-order valence-electron chi connectivity index (χ1n) is 15.3. The molecule has 0 aliphatic heterocycles. The van der Waals surface area contributed by atoms with E-state index in [9.17, 15) is 9.59 Å². The summed E-state index contributed by atoms with van der Waals surface area (Å²) < 4.78 is 3.19. The Morgan fingerprint density at radius 2 is 1.02 bits per heavy atom. The van der Waals surface area contributed by atoms with Gasteiger partial charge in [0.25, 0.3) is 11.1 Å². The van der Waals surface area contributed by atoms with Gasteiger partial charge in [-0.1, -0.05) is 78.9 Å². The summed E-state index contributed by atoms with van der Waals surface area (Å²) in [5.41, 5.74) is 3.09. The van der Waals surface area contributed by atoms with Crippen molar-refractivity contribution in [2.45, 2.75) is 0 Å². The molecule has 5 aromatic heterocycles. The summed E-state index contributed by atoms with van der Waals surface area (Å²) in [6.07, 6.45) is 6.68. The van der Waals surface area contributed by atoms with Crippen molar-refractivity contribution in [2.24, 2.45) is 0 Å². The zero-order valence-electron chi connectivity index (χ0n) is 25.2. The van der Waals surface area contributed by atoms with Gasteiger partial charge in [0.05, 0.1) is 16.4 Å². The topological polar surface area (TPSA) is 108 Å². The standard InChI is InChI=1S/C39H23N7O2/c47-37-30-20-29-31-22-41-19-17-33(31)45(26-14-8-3-9-15-26)34(29)21-28(30)27-16-18-40-23-32(27)38(48)46(37)39-43-35(24-10-4-1-5-11-24)42-36(44-39)25-12-6-2-7-13-25/h1-23H. The highest BCUT2D eigenvalue weighted by Gasteiger charge is 2.21. The zero-order valence-corrected chi connectivity index (χ0v) is 25.2. The van der Waals surface area contributed by atoms with Gasteiger partial charge in [-0.25, -0.2) is 9.55 Å². The fraction of sp³-hybridized carbons (Fsp3) is 0. The van der Waals surface area contributed by atoms with Gasteiger partial charge in [0, 0.05) is 57.8 Å². The van der Waals surface area contributed by atoms with E-state index in [1.165, 1.54) is 6.20 Å². The molecule has 9 aromatic rings. The van der Waals surface area contributed by atoms with Crippen LogP contribution in [0.25, 0.3) is 77.8 Å². The van der Waals surface area contributed by atoms with Crippen LogP contribution in [0.15, 0.2) is 150 Å². The quantitative estimate of drug-likeness (QED) is 0.210. The molecule has 0 saturated carbocycles. The van der Waals surface area contributed by atoms with E-state index in [0.717, 1.165) is 43.2 Å². The third kappa shape index (κ3) is 4.29. The summed E-state index contributed by atoms with van der Waals surface area (Å²) in [6.45, 7) is 0. The second kappa shape index (κ2) is 10.9. The molecule has 0 atom stereocenters. The lowest BCUT2D eigenvalue weighted by molar-refractivity contribution is 0.860. The number of aromatic nitrogens is 7. The number of hydrogen-bond acceptors (Lipinski definition) is 7. The van der Waals surface area contributed by atoms with E-state index in [2.05, 4.69) is 14.5 Å². The summed E-state index contributed by atoms with van der Waals surface area (Å²) >= 11 is 0. The van der Waals surface area contributed by atoms with Crippen LogP contribution < -0.4 is 11.1 Å². The Kier molecular flexibility index (Phi) is 6.22. The molecule has 9 nitrogen and oxygen atoms in total. The molecular weight excluding hydrogens is 598 g/mol. The highest BCUT2D eigenvalue weighted by atomic mass is 16.2. The molecule has 9 rings (SSSR count). The molecule has 9 heteroatoms. The van der Waals surface area contributed by atoms with Crippen molar-refractivity contribution < 1.29 is 0 Å². The van der Waals surface area contributed by atoms with E-state index in [4.69, 9.17) is 15.0 Å². The van der Waals surface area contributed by atoms with Gasteiger partial charge in [-0.05, 0) is 47.2 Å². The highest BCUT2D eigenvalue weighted by molar-refractivity contribution is 6.17. The molecular formula is C39H23N7O2. The molecule has 0 radical (unpaired) electrons. The molecule has 4 aromatic carbocycles. The van der Waals surface area contributed by atoms with E-state index >= 15 is 0 Å². The van der Waals surface area contributed by atoms with Gasteiger partial charge in [0.1, 0.15) is 0 Å². The number of nitrogens with zero attached hydrogens (tertiary/aromatic N) is 7. The van der Waals surface area contributed by atoms with Crippen LogP contribution in [0.3, 0.4) is 0 Å². The first-order valence-corrected chi connectivity index (χ1v) is 15.3. The normalized spacial score (nSPS) is 11.5. The summed E-state index contributed by atoms with van der Waals surface area (Å²) in [7, 11) is 0. The monoisotopic (exact) mass is 621 g/mol. The van der Waals surface area contributed by atoms with Crippen LogP contribution in [-0.4, -0.2) is 34.1 Å². The van der Waals surface area contributed by atoms with E-state index in [-0.39, 0.29) is 11.3 Å². The lowest BCUT2D eigenvalue weighted by atomic mass is 10.1. The minimum atomic E-state index is -0.578. The molecule has 0 unspecified atom stereocenters. The SMILES string of the molecule is O=c1c2cnccc2c2cc3c(cc2c(=O)n1-c1nc(-c2ccccc2)nc(-c2ccccc2)n1)c1cnccc1n3-c1ccccc1. The first kappa shape index (κ1) is 27.4. The second-order valence-electron chi connectivity index (χ2n) is 11.4. The molecule has 0 aliphatic carbocycles. The van der Waals surface area contributed by atoms with Crippen LogP contribution in [0.5, 0.6) is 0 Å². The molecule has 48 heavy (non-hydrogen) atoms. The predicted molar refractivity (Wildman–Crippen MR) is 188 cm³/mol. The summed E-state index contributed by atoms with van der Waals surface area (Å²) in [4.78, 5) is 52.2. The molecule has 0 spiro atoms. The Hall–Kier alpha value is -6.87. The smallest absolute Gasteiger partial charge is 0.269 e. The maximum Gasteiger partial charge on any atom is 0.269 e. The number of hydrogen-bond donors (Lipinski definition) is 0. The van der Waals surface area contributed by atoms with E-state index in [1.54, 1.807) is 24.7 Å². The average molecular weight is 622 g/mol. The Labute approximate surface area is 272 Å². The largest absolute Gasteiger partial charge is 0.309 e. The molecule has 0 saturated heterocycles. The van der Waals surface area contributed by atoms with Gasteiger partial charge in [0.15, 0.2) is 11.6 Å². The fourth-order valence-electron chi connectivity index (χ4n) is 6.38. The first-order chi connectivity index (χ1) is 23.7. The molecule has 0 amide bonds. The fourth-order valence-corrected chi connectivity index (χ4v) is 6.38. The number of rotatable bonds is 4. The number of pyridine rings is 2. The summed E-state index contributed by atoms with van der Waals surface area (Å²) in [5.74, 6) is 0.598. The number of benzene rings is 4. The molecule has 0 bridgehead atoms. The third-order valence-electron chi connectivity index (χ3n) is 8.59. The predicted octanol–water partition coefficient (Wildman–Crippen LogP) is 6.91. The molecule has 226 valence electrons. The highest BCUT2D eigenvalue weighted by Crippen LogP contribution is 2.35. The van der Waals surface area contributed by atoms with Crippen LogP contribution in [0.2, 0.25) is 0 Å². The minimum Gasteiger partial charge on any atom is -0.309 e. The van der Waals surface area contributed by atoms with Gasteiger partial charge in [0.2, 0.25) is 5.95 Å². The minimum absolute atomic E-state index is 0.0752. The lowest BCUT2D eigenvalue weighted by Crippen LogP contribution is -2.30. The van der Waals surface area contributed by atoms with Crippen molar-refractivity contribution in [1.29, 1.82) is 0 Å². The molecule has 0 fully saturated rings. The maximum absolute atomic E-state index is 14.8. The zero-order chi connectivity index (χ0) is 32.2. The Morgan fingerprint density at radius 1 is 0.438 bits per heavy atom. The Balaban J connectivity index is 1.44. The van der Waals surface area contributed by atoms with Crippen LogP contribution >= 0.6 is 0 Å². The van der Waals surface area contributed by atoms with Crippen LogP contribution in [0.1, 0.15) is 0 Å². The van der Waals surface area contributed by atoms with Gasteiger partial charge in [-0.2, -0.15) is 9.97 Å². The molecule has 0 N–H and O–H groups in total. The second-order valence-corrected chi connectivity index (χ2v) is 11.4. The Morgan fingerprint density at radius 3 is 1.69 bits per heavy atom. The van der Waals surface area contributed by atoms with Gasteiger partial charge in [-0.15, -0.1) is 0 Å². The maximum atomic E-state index is 14.8.